The molecule has 0 aliphatic carbocycles. The van der Waals surface area contributed by atoms with Gasteiger partial charge in [-0.15, -0.1) is 11.3 Å². The highest BCUT2D eigenvalue weighted by Crippen LogP contribution is 2.17. The van der Waals surface area contributed by atoms with Crippen molar-refractivity contribution < 1.29 is 9.53 Å². The fraction of sp³-hybridized carbons (Fsp3) is 0.636. The molecule has 1 aliphatic rings. The molecule has 16 heavy (non-hydrogen) atoms. The van der Waals surface area contributed by atoms with Crippen molar-refractivity contribution in [3.63, 3.8) is 0 Å². The summed E-state index contributed by atoms with van der Waals surface area (Å²) in [6, 6.07) is 0.0662. The zero-order valence-corrected chi connectivity index (χ0v) is 10.3. The molecule has 1 N–H and O–H groups in total. The summed E-state index contributed by atoms with van der Waals surface area (Å²) in [6.07, 6.45) is 2.28. The van der Waals surface area contributed by atoms with Crippen molar-refractivity contribution in [1.82, 2.24) is 10.3 Å². The van der Waals surface area contributed by atoms with Crippen LogP contribution in [0.4, 0.5) is 0 Å². The van der Waals surface area contributed by atoms with Gasteiger partial charge in [-0.05, 0) is 26.7 Å². The Morgan fingerprint density at radius 1 is 1.75 bits per heavy atom. The number of aromatic nitrogens is 1. The standard InChI is InChI=1S/C11H16N2O2S/c1-7(9-4-3-5-15-9)13-11(14)10-8(2)12-6-16-10/h6-7,9H,3-5H2,1-2H3,(H,13,14)/t7-,9+/m0/s1. The lowest BCUT2D eigenvalue weighted by Crippen LogP contribution is -2.40. The molecule has 0 aromatic carbocycles. The Balaban J connectivity index is 1.94. The van der Waals surface area contributed by atoms with Gasteiger partial charge in [-0.1, -0.05) is 0 Å². The van der Waals surface area contributed by atoms with Gasteiger partial charge in [-0.25, -0.2) is 4.98 Å². The molecule has 1 aliphatic heterocycles. The number of ether oxygens (including phenoxy) is 1. The number of nitrogens with one attached hydrogen (secondary N) is 1. The lowest BCUT2D eigenvalue weighted by Gasteiger charge is -2.19. The van der Waals surface area contributed by atoms with E-state index in [1.54, 1.807) is 5.51 Å². The van der Waals surface area contributed by atoms with Crippen LogP contribution in [-0.4, -0.2) is 29.6 Å². The predicted molar refractivity (Wildman–Crippen MR) is 62.8 cm³/mol. The fourth-order valence-electron chi connectivity index (χ4n) is 1.88. The van der Waals surface area contributed by atoms with Crippen molar-refractivity contribution >= 4 is 17.2 Å². The zero-order valence-electron chi connectivity index (χ0n) is 9.53. The normalized spacial score (nSPS) is 22.0. The Hall–Kier alpha value is -0.940. The van der Waals surface area contributed by atoms with E-state index in [9.17, 15) is 4.79 Å². The molecule has 5 heteroatoms. The molecule has 0 unspecified atom stereocenters. The van der Waals surface area contributed by atoms with Crippen LogP contribution in [0.1, 0.15) is 35.1 Å². The van der Waals surface area contributed by atoms with Crippen molar-refractivity contribution in [2.45, 2.75) is 38.8 Å². The summed E-state index contributed by atoms with van der Waals surface area (Å²) in [5.74, 6) is -0.0389. The lowest BCUT2D eigenvalue weighted by molar-refractivity contribution is 0.0714. The second-order valence-electron chi connectivity index (χ2n) is 4.08. The van der Waals surface area contributed by atoms with E-state index in [0.29, 0.717) is 4.88 Å². The molecule has 0 radical (unpaired) electrons. The maximum Gasteiger partial charge on any atom is 0.263 e. The molecular formula is C11H16N2O2S. The number of aryl methyl sites for hydroxylation is 1. The van der Waals surface area contributed by atoms with E-state index in [2.05, 4.69) is 10.3 Å². The van der Waals surface area contributed by atoms with E-state index >= 15 is 0 Å². The minimum atomic E-state index is -0.0389. The second-order valence-corrected chi connectivity index (χ2v) is 4.94. The molecule has 0 bridgehead atoms. The summed E-state index contributed by atoms with van der Waals surface area (Å²) >= 11 is 1.38. The first-order chi connectivity index (χ1) is 7.68. The molecule has 2 heterocycles. The van der Waals surface area contributed by atoms with Gasteiger partial charge in [0.05, 0.1) is 23.4 Å². The van der Waals surface area contributed by atoms with Crippen molar-refractivity contribution in [1.29, 1.82) is 0 Å². The van der Waals surface area contributed by atoms with E-state index in [-0.39, 0.29) is 18.1 Å². The van der Waals surface area contributed by atoms with E-state index in [4.69, 9.17) is 4.74 Å². The van der Waals surface area contributed by atoms with Crippen LogP contribution < -0.4 is 5.32 Å². The molecule has 2 atom stereocenters. The van der Waals surface area contributed by atoms with Gasteiger partial charge in [0.1, 0.15) is 4.88 Å². The predicted octanol–water partition coefficient (Wildman–Crippen LogP) is 1.75. The Morgan fingerprint density at radius 2 is 2.56 bits per heavy atom. The molecule has 1 amide bonds. The van der Waals surface area contributed by atoms with Crippen LogP contribution in [0.15, 0.2) is 5.51 Å². The number of carbonyl (C=O) groups is 1. The fourth-order valence-corrected chi connectivity index (χ4v) is 2.59. The zero-order chi connectivity index (χ0) is 11.5. The summed E-state index contributed by atoms with van der Waals surface area (Å²) in [5, 5.41) is 2.97. The summed E-state index contributed by atoms with van der Waals surface area (Å²) in [6.45, 7) is 4.65. The molecule has 1 aromatic heterocycles. The van der Waals surface area contributed by atoms with Crippen LogP contribution in [-0.2, 0) is 4.74 Å². The van der Waals surface area contributed by atoms with Gasteiger partial charge in [0, 0.05) is 6.61 Å². The van der Waals surface area contributed by atoms with E-state index in [0.717, 1.165) is 25.1 Å². The summed E-state index contributed by atoms with van der Waals surface area (Å²) in [5.41, 5.74) is 2.49. The maximum atomic E-state index is 11.9. The summed E-state index contributed by atoms with van der Waals surface area (Å²) < 4.78 is 5.54. The summed E-state index contributed by atoms with van der Waals surface area (Å²) in [7, 11) is 0. The largest absolute Gasteiger partial charge is 0.376 e. The third kappa shape index (κ3) is 2.41. The third-order valence-corrected chi connectivity index (χ3v) is 3.76. The van der Waals surface area contributed by atoms with Crippen LogP contribution in [0.5, 0.6) is 0 Å². The summed E-state index contributed by atoms with van der Waals surface area (Å²) in [4.78, 5) is 16.7. The maximum absolute atomic E-state index is 11.9. The topological polar surface area (TPSA) is 51.2 Å². The Kier molecular flexibility index (Phi) is 3.56. The Bertz CT molecular complexity index is 372. The van der Waals surface area contributed by atoms with Crippen molar-refractivity contribution in [3.05, 3.63) is 16.1 Å². The monoisotopic (exact) mass is 240 g/mol. The van der Waals surface area contributed by atoms with Gasteiger partial charge in [0.2, 0.25) is 0 Å². The first-order valence-corrected chi connectivity index (χ1v) is 6.39. The van der Waals surface area contributed by atoms with Crippen molar-refractivity contribution in [2.24, 2.45) is 0 Å². The first kappa shape index (κ1) is 11.5. The molecule has 0 spiro atoms. The highest BCUT2D eigenvalue weighted by molar-refractivity contribution is 7.11. The minimum Gasteiger partial charge on any atom is -0.376 e. The van der Waals surface area contributed by atoms with Crippen LogP contribution in [0, 0.1) is 6.92 Å². The van der Waals surface area contributed by atoms with Gasteiger partial charge >= 0.3 is 0 Å². The number of nitrogens with zero attached hydrogens (tertiary/aromatic N) is 1. The average Bonchev–Trinajstić information content (AvgIpc) is 2.86. The van der Waals surface area contributed by atoms with E-state index in [1.165, 1.54) is 11.3 Å². The minimum absolute atomic E-state index is 0.0389. The number of amides is 1. The molecule has 4 nitrogen and oxygen atoms in total. The number of rotatable bonds is 3. The molecule has 88 valence electrons. The van der Waals surface area contributed by atoms with Gasteiger partial charge in [0.15, 0.2) is 0 Å². The molecule has 0 saturated carbocycles. The SMILES string of the molecule is Cc1ncsc1C(=O)N[C@@H](C)[C@H]1CCCO1. The van der Waals surface area contributed by atoms with E-state index < -0.39 is 0 Å². The van der Waals surface area contributed by atoms with Crippen molar-refractivity contribution in [2.75, 3.05) is 6.61 Å². The van der Waals surface area contributed by atoms with Gasteiger partial charge < -0.3 is 10.1 Å². The number of carbonyl (C=O) groups excluding carboxylic acids is 1. The number of thiazole rings is 1. The van der Waals surface area contributed by atoms with Crippen LogP contribution in [0.25, 0.3) is 0 Å². The number of hydrogen-bond donors (Lipinski definition) is 1. The quantitative estimate of drug-likeness (QED) is 0.875. The van der Waals surface area contributed by atoms with Crippen LogP contribution >= 0.6 is 11.3 Å². The van der Waals surface area contributed by atoms with Gasteiger partial charge in [-0.2, -0.15) is 0 Å². The van der Waals surface area contributed by atoms with Crippen molar-refractivity contribution in [3.8, 4) is 0 Å². The molecule has 1 fully saturated rings. The van der Waals surface area contributed by atoms with Crippen LogP contribution in [0.2, 0.25) is 0 Å². The van der Waals surface area contributed by atoms with Gasteiger partial charge in [-0.3, -0.25) is 4.79 Å². The molecule has 1 saturated heterocycles. The Morgan fingerprint density at radius 3 is 3.12 bits per heavy atom. The second kappa shape index (κ2) is 4.93. The van der Waals surface area contributed by atoms with Crippen LogP contribution in [0.3, 0.4) is 0 Å². The molecular weight excluding hydrogens is 224 g/mol. The van der Waals surface area contributed by atoms with E-state index in [1.807, 2.05) is 13.8 Å². The third-order valence-electron chi connectivity index (χ3n) is 2.83. The lowest BCUT2D eigenvalue weighted by atomic mass is 10.1. The Labute approximate surface area is 99.0 Å². The first-order valence-electron chi connectivity index (χ1n) is 5.51. The average molecular weight is 240 g/mol. The smallest absolute Gasteiger partial charge is 0.263 e. The molecule has 2 rings (SSSR count). The highest BCUT2D eigenvalue weighted by atomic mass is 32.1. The number of hydrogen-bond acceptors (Lipinski definition) is 4. The molecule has 1 aromatic rings. The van der Waals surface area contributed by atoms with Gasteiger partial charge in [0.25, 0.3) is 5.91 Å². The highest BCUT2D eigenvalue weighted by Gasteiger charge is 2.24.